The van der Waals surface area contributed by atoms with E-state index in [9.17, 15) is 0 Å². The quantitative estimate of drug-likeness (QED) is 0.184. The summed E-state index contributed by atoms with van der Waals surface area (Å²) in [4.78, 5) is 20.3. The lowest BCUT2D eigenvalue weighted by Gasteiger charge is -2.23. The van der Waals surface area contributed by atoms with Gasteiger partial charge in [-0.15, -0.1) is 11.3 Å². The third-order valence-electron chi connectivity index (χ3n) is 10.9. The lowest BCUT2D eigenvalue weighted by Crippen LogP contribution is -2.15. The van der Waals surface area contributed by atoms with Crippen molar-refractivity contribution in [3.8, 4) is 51.0 Å². The Bertz CT molecular complexity index is 3050. The van der Waals surface area contributed by atoms with Crippen LogP contribution in [0.2, 0.25) is 0 Å². The number of benzene rings is 6. The second kappa shape index (κ2) is 11.2. The van der Waals surface area contributed by atoms with Crippen LogP contribution in [0.5, 0.6) is 0 Å². The van der Waals surface area contributed by atoms with Gasteiger partial charge < -0.3 is 0 Å². The molecule has 0 unspecified atom stereocenters. The number of nitrogens with zero attached hydrogens (tertiary/aromatic N) is 5. The van der Waals surface area contributed by atoms with Crippen molar-refractivity contribution in [2.75, 3.05) is 0 Å². The van der Waals surface area contributed by atoms with Crippen LogP contribution in [0.25, 0.3) is 93.1 Å². The molecule has 6 aromatic carbocycles. The summed E-state index contributed by atoms with van der Waals surface area (Å²) in [6, 6.07) is 51.6. The molecule has 53 heavy (non-hydrogen) atoms. The first-order chi connectivity index (χ1) is 26.0. The van der Waals surface area contributed by atoms with E-state index in [1.54, 1.807) is 11.3 Å². The predicted octanol–water partition coefficient (Wildman–Crippen LogP) is 12.0. The monoisotopic (exact) mass is 697 g/mol. The number of thiophene rings is 1. The van der Waals surface area contributed by atoms with Crippen molar-refractivity contribution in [1.82, 2.24) is 24.5 Å². The van der Waals surface area contributed by atoms with E-state index in [-0.39, 0.29) is 5.41 Å². The Balaban J connectivity index is 1.06. The van der Waals surface area contributed by atoms with Crippen molar-refractivity contribution >= 4 is 53.4 Å². The maximum Gasteiger partial charge on any atom is 0.165 e. The molecule has 0 saturated heterocycles. The largest absolute Gasteiger partial charge is 0.294 e. The molecule has 10 aromatic rings. The van der Waals surface area contributed by atoms with Crippen LogP contribution < -0.4 is 0 Å². The van der Waals surface area contributed by atoms with Crippen LogP contribution >= 0.6 is 11.3 Å². The van der Waals surface area contributed by atoms with E-state index in [2.05, 4.69) is 140 Å². The van der Waals surface area contributed by atoms with Gasteiger partial charge >= 0.3 is 0 Å². The molecule has 0 saturated carbocycles. The predicted molar refractivity (Wildman–Crippen MR) is 219 cm³/mol. The Morgan fingerprint density at radius 1 is 0.509 bits per heavy atom. The maximum atomic E-state index is 5.22. The number of rotatable bonds is 4. The minimum Gasteiger partial charge on any atom is -0.294 e. The van der Waals surface area contributed by atoms with Gasteiger partial charge in [0.15, 0.2) is 17.5 Å². The lowest BCUT2D eigenvalue weighted by molar-refractivity contribution is 0.660. The van der Waals surface area contributed by atoms with Crippen LogP contribution in [0, 0.1) is 0 Å². The van der Waals surface area contributed by atoms with Gasteiger partial charge in [-0.05, 0) is 70.8 Å². The van der Waals surface area contributed by atoms with E-state index in [0.29, 0.717) is 17.5 Å². The molecule has 0 amide bonds. The average molecular weight is 698 g/mol. The number of para-hydroxylation sites is 1. The highest BCUT2D eigenvalue weighted by Crippen LogP contribution is 2.50. The molecule has 11 rings (SSSR count). The molecule has 0 N–H and O–H groups in total. The van der Waals surface area contributed by atoms with Crippen LogP contribution in [0.3, 0.4) is 0 Å². The highest BCUT2D eigenvalue weighted by atomic mass is 32.1. The first-order valence-corrected chi connectivity index (χ1v) is 18.7. The minimum absolute atomic E-state index is 0.260. The molecule has 0 radical (unpaired) electrons. The topological polar surface area (TPSA) is 56.5 Å². The van der Waals surface area contributed by atoms with E-state index in [1.165, 1.54) is 47.8 Å². The lowest BCUT2D eigenvalue weighted by atomic mass is 9.82. The van der Waals surface area contributed by atoms with Gasteiger partial charge in [-0.2, -0.15) is 0 Å². The Hall–Kier alpha value is -6.50. The summed E-state index contributed by atoms with van der Waals surface area (Å²) in [6.07, 6.45) is 1.88. The van der Waals surface area contributed by atoms with Gasteiger partial charge in [-0.3, -0.25) is 4.57 Å². The van der Waals surface area contributed by atoms with Gasteiger partial charge in [0.2, 0.25) is 0 Å². The van der Waals surface area contributed by atoms with Gasteiger partial charge in [0, 0.05) is 64.9 Å². The SMILES string of the molecule is CC1(C)c2cc(-c3nc(-c4ccccc4)nc(-c4cccc5c4sc4ccccc45)n3)ccc2-c2ccc(-n3c4ccccc4c4cccnc43)cc21. The van der Waals surface area contributed by atoms with Crippen molar-refractivity contribution in [2.24, 2.45) is 0 Å². The van der Waals surface area contributed by atoms with Gasteiger partial charge in [0.1, 0.15) is 5.65 Å². The smallest absolute Gasteiger partial charge is 0.165 e. The molecule has 1 aliphatic carbocycles. The Morgan fingerprint density at radius 3 is 2.06 bits per heavy atom. The molecule has 0 aliphatic heterocycles. The van der Waals surface area contributed by atoms with Crippen molar-refractivity contribution in [1.29, 1.82) is 0 Å². The number of pyridine rings is 1. The van der Waals surface area contributed by atoms with Gasteiger partial charge in [0.25, 0.3) is 0 Å². The van der Waals surface area contributed by atoms with Crippen LogP contribution in [0.1, 0.15) is 25.0 Å². The zero-order valence-electron chi connectivity index (χ0n) is 29.1. The number of aromatic nitrogens is 5. The van der Waals surface area contributed by atoms with Crippen LogP contribution in [0.4, 0.5) is 0 Å². The normalized spacial score (nSPS) is 13.2. The van der Waals surface area contributed by atoms with Crippen LogP contribution in [0.15, 0.2) is 152 Å². The minimum atomic E-state index is -0.260. The third kappa shape index (κ3) is 4.49. The van der Waals surface area contributed by atoms with Crippen molar-refractivity contribution in [2.45, 2.75) is 19.3 Å². The van der Waals surface area contributed by atoms with Crippen molar-refractivity contribution in [3.63, 3.8) is 0 Å². The Labute approximate surface area is 309 Å². The van der Waals surface area contributed by atoms with Gasteiger partial charge in [-0.25, -0.2) is 19.9 Å². The Kier molecular flexibility index (Phi) is 6.40. The van der Waals surface area contributed by atoms with E-state index < -0.39 is 0 Å². The first-order valence-electron chi connectivity index (χ1n) is 17.9. The van der Waals surface area contributed by atoms with E-state index >= 15 is 0 Å². The fourth-order valence-corrected chi connectivity index (χ4v) is 9.54. The molecule has 4 aromatic heterocycles. The molecule has 0 fully saturated rings. The number of hydrogen-bond donors (Lipinski definition) is 0. The summed E-state index contributed by atoms with van der Waals surface area (Å²) in [7, 11) is 0. The molecular weight excluding hydrogens is 667 g/mol. The average Bonchev–Trinajstić information content (AvgIpc) is 3.83. The van der Waals surface area contributed by atoms with E-state index in [4.69, 9.17) is 19.9 Å². The third-order valence-corrected chi connectivity index (χ3v) is 12.1. The molecule has 1 aliphatic rings. The summed E-state index contributed by atoms with van der Waals surface area (Å²) in [5.41, 5.74) is 11.0. The van der Waals surface area contributed by atoms with Gasteiger partial charge in [-0.1, -0.05) is 111 Å². The van der Waals surface area contributed by atoms with Crippen LogP contribution in [-0.2, 0) is 5.41 Å². The second-order valence-electron chi connectivity index (χ2n) is 14.3. The van der Waals surface area contributed by atoms with Crippen molar-refractivity contribution < 1.29 is 0 Å². The molecule has 0 bridgehead atoms. The van der Waals surface area contributed by atoms with Crippen LogP contribution in [-0.4, -0.2) is 24.5 Å². The summed E-state index contributed by atoms with van der Waals surface area (Å²) in [6.45, 7) is 4.65. The Morgan fingerprint density at radius 2 is 1.19 bits per heavy atom. The molecule has 4 heterocycles. The summed E-state index contributed by atoms with van der Waals surface area (Å²) in [5, 5.41) is 4.84. The van der Waals surface area contributed by atoms with Gasteiger partial charge in [0.05, 0.1) is 5.52 Å². The highest BCUT2D eigenvalue weighted by molar-refractivity contribution is 7.26. The van der Waals surface area contributed by atoms with Crippen molar-refractivity contribution in [3.05, 3.63) is 163 Å². The fourth-order valence-electron chi connectivity index (χ4n) is 8.33. The van der Waals surface area contributed by atoms with E-state index in [0.717, 1.165) is 38.9 Å². The maximum absolute atomic E-state index is 5.22. The second-order valence-corrected chi connectivity index (χ2v) is 15.3. The molecule has 250 valence electrons. The molecule has 0 atom stereocenters. The zero-order chi connectivity index (χ0) is 35.3. The standard InChI is InChI=1S/C47H31N5S/c1-47(2)38-26-29(21-23-31(38)32-24-22-30(27-39(32)47)52-40-19-8-6-14-33(40)36-18-11-25-48-46(36)52)44-49-43(28-12-4-3-5-13-28)50-45(51-44)37-17-10-16-35-34-15-7-9-20-41(34)53-42(35)37/h3-27H,1-2H3. The van der Waals surface area contributed by atoms with E-state index in [1.807, 2.05) is 30.5 Å². The molecule has 5 nitrogen and oxygen atoms in total. The fraction of sp³-hybridized carbons (Fsp3) is 0.0638. The number of fused-ring (bicyclic) bond motifs is 9. The number of hydrogen-bond acceptors (Lipinski definition) is 5. The molecular formula is C47H31N5S. The summed E-state index contributed by atoms with van der Waals surface area (Å²) in [5.74, 6) is 2.01. The highest BCUT2D eigenvalue weighted by Gasteiger charge is 2.36. The molecule has 0 spiro atoms. The first kappa shape index (κ1) is 30.2. The summed E-state index contributed by atoms with van der Waals surface area (Å²) >= 11 is 1.79. The summed E-state index contributed by atoms with van der Waals surface area (Å²) < 4.78 is 4.74. The zero-order valence-corrected chi connectivity index (χ0v) is 29.9. The molecule has 6 heteroatoms.